The first-order valence-corrected chi connectivity index (χ1v) is 7.26. The van der Waals surface area contributed by atoms with E-state index < -0.39 is 5.97 Å². The van der Waals surface area contributed by atoms with Gasteiger partial charge in [0.2, 0.25) is 0 Å². The predicted molar refractivity (Wildman–Crippen MR) is 87.5 cm³/mol. The Morgan fingerprint density at radius 3 is 2.77 bits per heavy atom. The fourth-order valence-corrected chi connectivity index (χ4v) is 2.33. The zero-order valence-corrected chi connectivity index (χ0v) is 12.9. The minimum Gasteiger partial charge on any atom is -0.496 e. The number of carboxylic acid groups (broad SMARTS) is 1. The molecule has 2 aromatic rings. The number of hydrogen-bond acceptors (Lipinski definition) is 3. The molecule has 0 bridgehead atoms. The van der Waals surface area contributed by atoms with Crippen LogP contribution in [0.15, 0.2) is 42.5 Å². The highest BCUT2D eigenvalue weighted by molar-refractivity contribution is 5.67. The zero-order chi connectivity index (χ0) is 15.9. The molecule has 0 atom stereocenters. The monoisotopic (exact) mass is 299 g/mol. The highest BCUT2D eigenvalue weighted by atomic mass is 16.5. The average molecular weight is 299 g/mol. The molecule has 0 fully saturated rings. The first-order valence-electron chi connectivity index (χ1n) is 7.26. The minimum absolute atomic E-state index is 0.148. The third-order valence-electron chi connectivity index (χ3n) is 3.47. The largest absolute Gasteiger partial charge is 0.496 e. The molecule has 116 valence electrons. The molecule has 4 nitrogen and oxygen atoms in total. The molecule has 2 aromatic carbocycles. The van der Waals surface area contributed by atoms with E-state index in [9.17, 15) is 4.79 Å². The molecular formula is C18H21NO3. The van der Waals surface area contributed by atoms with Crippen molar-refractivity contribution >= 4 is 11.7 Å². The van der Waals surface area contributed by atoms with Crippen LogP contribution in [0.2, 0.25) is 0 Å². The van der Waals surface area contributed by atoms with Crippen LogP contribution in [0, 0.1) is 6.92 Å². The Morgan fingerprint density at radius 1 is 1.23 bits per heavy atom. The van der Waals surface area contributed by atoms with E-state index in [1.54, 1.807) is 7.11 Å². The molecule has 0 unspecified atom stereocenters. The first kappa shape index (κ1) is 15.9. The van der Waals surface area contributed by atoms with E-state index in [0.717, 1.165) is 22.6 Å². The number of methoxy groups -OCH3 is 1. The molecule has 0 amide bonds. The van der Waals surface area contributed by atoms with Crippen LogP contribution in [-0.4, -0.2) is 18.2 Å². The van der Waals surface area contributed by atoms with Gasteiger partial charge in [-0.2, -0.15) is 0 Å². The van der Waals surface area contributed by atoms with Gasteiger partial charge in [-0.05, 0) is 37.1 Å². The Labute approximate surface area is 130 Å². The van der Waals surface area contributed by atoms with Crippen molar-refractivity contribution in [2.45, 2.75) is 26.3 Å². The van der Waals surface area contributed by atoms with Crippen LogP contribution >= 0.6 is 0 Å². The second-order valence-electron chi connectivity index (χ2n) is 5.26. The van der Waals surface area contributed by atoms with Gasteiger partial charge in [-0.1, -0.05) is 29.8 Å². The number of rotatable bonds is 7. The fourth-order valence-electron chi connectivity index (χ4n) is 2.33. The highest BCUT2D eigenvalue weighted by Gasteiger charge is 2.04. The van der Waals surface area contributed by atoms with Crippen molar-refractivity contribution in [2.75, 3.05) is 12.4 Å². The molecule has 0 aliphatic carbocycles. The maximum atomic E-state index is 10.6. The van der Waals surface area contributed by atoms with Crippen molar-refractivity contribution < 1.29 is 14.6 Å². The third-order valence-corrected chi connectivity index (χ3v) is 3.47. The Balaban J connectivity index is 2.04. The molecule has 0 saturated carbocycles. The summed E-state index contributed by atoms with van der Waals surface area (Å²) in [6, 6.07) is 13.9. The lowest BCUT2D eigenvalue weighted by molar-refractivity contribution is -0.136. The van der Waals surface area contributed by atoms with Crippen molar-refractivity contribution in [1.82, 2.24) is 0 Å². The number of carbonyl (C=O) groups is 1. The lowest BCUT2D eigenvalue weighted by Gasteiger charge is -2.12. The second-order valence-corrected chi connectivity index (χ2v) is 5.26. The van der Waals surface area contributed by atoms with Crippen molar-refractivity contribution in [3.63, 3.8) is 0 Å². The van der Waals surface area contributed by atoms with E-state index in [2.05, 4.69) is 18.3 Å². The van der Waals surface area contributed by atoms with Crippen molar-refractivity contribution in [3.8, 4) is 5.75 Å². The first-order chi connectivity index (χ1) is 10.6. The lowest BCUT2D eigenvalue weighted by Crippen LogP contribution is -2.03. The number of aryl methyl sites for hydroxylation is 2. The zero-order valence-electron chi connectivity index (χ0n) is 12.9. The fraction of sp³-hybridized carbons (Fsp3) is 0.278. The number of ether oxygens (including phenoxy) is 1. The molecule has 0 spiro atoms. The summed E-state index contributed by atoms with van der Waals surface area (Å²) in [4.78, 5) is 10.6. The smallest absolute Gasteiger partial charge is 0.303 e. The van der Waals surface area contributed by atoms with Crippen LogP contribution in [0.5, 0.6) is 5.75 Å². The Hall–Kier alpha value is -2.49. The standard InChI is InChI=1S/C18H21NO3/c1-13-6-8-17(22-2)15(10-13)12-19-16-5-3-4-14(11-16)7-9-18(20)21/h3-6,8,10-11,19H,7,9,12H2,1-2H3,(H,20,21). The summed E-state index contributed by atoms with van der Waals surface area (Å²) in [5.41, 5.74) is 4.28. The molecule has 4 heteroatoms. The van der Waals surface area contributed by atoms with Gasteiger partial charge in [0.1, 0.15) is 5.75 Å². The predicted octanol–water partition coefficient (Wildman–Crippen LogP) is 3.63. The van der Waals surface area contributed by atoms with Crippen LogP contribution in [0.4, 0.5) is 5.69 Å². The Morgan fingerprint density at radius 2 is 2.05 bits per heavy atom. The van der Waals surface area contributed by atoms with E-state index in [-0.39, 0.29) is 6.42 Å². The summed E-state index contributed by atoms with van der Waals surface area (Å²) in [5, 5.41) is 12.1. The van der Waals surface area contributed by atoms with Gasteiger partial charge in [-0.15, -0.1) is 0 Å². The number of anilines is 1. The van der Waals surface area contributed by atoms with Gasteiger partial charge in [0.15, 0.2) is 0 Å². The maximum absolute atomic E-state index is 10.6. The van der Waals surface area contributed by atoms with Crippen LogP contribution in [-0.2, 0) is 17.8 Å². The summed E-state index contributed by atoms with van der Waals surface area (Å²) >= 11 is 0. The molecule has 0 radical (unpaired) electrons. The van der Waals surface area contributed by atoms with Gasteiger partial charge in [0.05, 0.1) is 7.11 Å². The van der Waals surface area contributed by atoms with E-state index in [4.69, 9.17) is 9.84 Å². The van der Waals surface area contributed by atoms with Gasteiger partial charge in [0.25, 0.3) is 0 Å². The molecule has 0 saturated heterocycles. The number of carboxylic acids is 1. The number of nitrogens with one attached hydrogen (secondary N) is 1. The van der Waals surface area contributed by atoms with Gasteiger partial charge in [0, 0.05) is 24.2 Å². The van der Waals surface area contributed by atoms with E-state index in [0.29, 0.717) is 13.0 Å². The molecular weight excluding hydrogens is 278 g/mol. The number of aliphatic carboxylic acids is 1. The summed E-state index contributed by atoms with van der Waals surface area (Å²) in [5.74, 6) is 0.0861. The van der Waals surface area contributed by atoms with Gasteiger partial charge in [-0.3, -0.25) is 4.79 Å². The molecule has 22 heavy (non-hydrogen) atoms. The number of benzene rings is 2. The third kappa shape index (κ3) is 4.52. The summed E-state index contributed by atoms with van der Waals surface area (Å²) in [7, 11) is 1.67. The molecule has 0 aromatic heterocycles. The highest BCUT2D eigenvalue weighted by Crippen LogP contribution is 2.21. The molecule has 2 N–H and O–H groups in total. The summed E-state index contributed by atoms with van der Waals surface area (Å²) < 4.78 is 5.37. The van der Waals surface area contributed by atoms with Crippen molar-refractivity contribution in [1.29, 1.82) is 0 Å². The Kier molecular flexibility index (Phi) is 5.42. The minimum atomic E-state index is -0.775. The maximum Gasteiger partial charge on any atom is 0.303 e. The number of hydrogen-bond donors (Lipinski definition) is 2. The second kappa shape index (κ2) is 7.50. The molecule has 0 aliphatic heterocycles. The quantitative estimate of drug-likeness (QED) is 0.819. The SMILES string of the molecule is COc1ccc(C)cc1CNc1cccc(CCC(=O)O)c1. The Bertz CT molecular complexity index is 653. The van der Waals surface area contributed by atoms with Crippen LogP contribution in [0.3, 0.4) is 0 Å². The normalized spacial score (nSPS) is 10.3. The van der Waals surface area contributed by atoms with Crippen molar-refractivity contribution in [2.24, 2.45) is 0 Å². The van der Waals surface area contributed by atoms with Crippen LogP contribution in [0.25, 0.3) is 0 Å². The summed E-state index contributed by atoms with van der Waals surface area (Å²) in [6.07, 6.45) is 0.688. The topological polar surface area (TPSA) is 58.6 Å². The average Bonchev–Trinajstić information content (AvgIpc) is 2.51. The van der Waals surface area contributed by atoms with Gasteiger partial charge < -0.3 is 15.2 Å². The molecule has 0 aliphatic rings. The molecule has 2 rings (SSSR count). The van der Waals surface area contributed by atoms with E-state index >= 15 is 0 Å². The van der Waals surface area contributed by atoms with Crippen molar-refractivity contribution in [3.05, 3.63) is 59.2 Å². The lowest BCUT2D eigenvalue weighted by atomic mass is 10.1. The van der Waals surface area contributed by atoms with Gasteiger partial charge in [-0.25, -0.2) is 0 Å². The van der Waals surface area contributed by atoms with E-state index in [1.807, 2.05) is 36.4 Å². The summed E-state index contributed by atoms with van der Waals surface area (Å²) in [6.45, 7) is 2.71. The molecule has 0 heterocycles. The van der Waals surface area contributed by atoms with E-state index in [1.165, 1.54) is 5.56 Å². The van der Waals surface area contributed by atoms with Crippen LogP contribution < -0.4 is 10.1 Å². The van der Waals surface area contributed by atoms with Crippen LogP contribution in [0.1, 0.15) is 23.1 Å². The van der Waals surface area contributed by atoms with Gasteiger partial charge >= 0.3 is 5.97 Å².